The number of amides is 1. The number of carbonyl (C=O) groups excluding carboxylic acids is 1. The van der Waals surface area contributed by atoms with Gasteiger partial charge in [0.15, 0.2) is 5.65 Å². The monoisotopic (exact) mass is 490 g/mol. The highest BCUT2D eigenvalue weighted by atomic mass is 16.5. The van der Waals surface area contributed by atoms with Crippen molar-refractivity contribution < 1.29 is 9.53 Å². The Labute approximate surface area is 213 Å². The fourth-order valence-electron chi connectivity index (χ4n) is 4.80. The Morgan fingerprint density at radius 1 is 1.17 bits per heavy atom. The van der Waals surface area contributed by atoms with Gasteiger partial charge in [-0.3, -0.25) is 4.79 Å². The van der Waals surface area contributed by atoms with Gasteiger partial charge in [0, 0.05) is 56.5 Å². The van der Waals surface area contributed by atoms with Crippen LogP contribution in [0.3, 0.4) is 0 Å². The lowest BCUT2D eigenvalue weighted by atomic mass is 10.0. The minimum atomic E-state index is -0.0714. The van der Waals surface area contributed by atoms with Crippen molar-refractivity contribution >= 4 is 16.9 Å². The molecule has 1 aliphatic carbocycles. The van der Waals surface area contributed by atoms with Gasteiger partial charge in [0.1, 0.15) is 0 Å². The molecule has 1 saturated heterocycles. The molecule has 36 heavy (non-hydrogen) atoms. The second kappa shape index (κ2) is 11.1. The highest BCUT2D eigenvalue weighted by molar-refractivity contribution is 6.06. The SMILES string of the molecule is CC(C)n1ncc2c(C(=O)NC3CCOCC3)cc(-c3cccc(CN(C)CCNC4CC4)c3)nc21. The van der Waals surface area contributed by atoms with Gasteiger partial charge in [-0.15, -0.1) is 0 Å². The molecule has 0 atom stereocenters. The summed E-state index contributed by atoms with van der Waals surface area (Å²) in [5.74, 6) is -0.0714. The lowest BCUT2D eigenvalue weighted by Crippen LogP contribution is -2.39. The zero-order valence-corrected chi connectivity index (χ0v) is 21.7. The standard InChI is InChI=1S/C28H38N6O2/c1-19(2)34-27-25(17-30-34)24(28(35)31-23-9-13-36-14-10-23)16-26(32-27)21-6-4-5-20(15-21)18-33(3)12-11-29-22-7-8-22/h4-6,15-17,19,22-23,29H,7-14,18H2,1-3H3,(H,31,35). The molecule has 8 heteroatoms. The van der Waals surface area contributed by atoms with E-state index in [0.717, 1.165) is 60.8 Å². The fourth-order valence-corrected chi connectivity index (χ4v) is 4.80. The zero-order chi connectivity index (χ0) is 25.1. The molecule has 3 heterocycles. The number of hydrogen-bond acceptors (Lipinski definition) is 6. The predicted molar refractivity (Wildman–Crippen MR) is 142 cm³/mol. The van der Waals surface area contributed by atoms with Crippen LogP contribution in [0.2, 0.25) is 0 Å². The summed E-state index contributed by atoms with van der Waals surface area (Å²) < 4.78 is 7.35. The van der Waals surface area contributed by atoms with Gasteiger partial charge in [-0.25, -0.2) is 9.67 Å². The van der Waals surface area contributed by atoms with Crippen LogP contribution in [0.1, 0.15) is 61.5 Å². The Kier molecular flexibility index (Phi) is 7.65. The molecule has 1 saturated carbocycles. The number of nitrogens with one attached hydrogen (secondary N) is 2. The van der Waals surface area contributed by atoms with Crippen LogP contribution < -0.4 is 10.6 Å². The van der Waals surface area contributed by atoms with E-state index in [1.807, 2.05) is 10.7 Å². The highest BCUT2D eigenvalue weighted by Gasteiger charge is 2.22. The Hall–Kier alpha value is -2.81. The maximum atomic E-state index is 13.4. The maximum Gasteiger partial charge on any atom is 0.252 e. The molecule has 0 unspecified atom stereocenters. The smallest absolute Gasteiger partial charge is 0.252 e. The molecule has 2 aliphatic rings. The molecule has 0 bridgehead atoms. The number of likely N-dealkylation sites (N-methyl/N-ethyl adjacent to an activating group) is 1. The number of nitrogens with zero attached hydrogens (tertiary/aromatic N) is 4. The van der Waals surface area contributed by atoms with Crippen molar-refractivity contribution in [2.24, 2.45) is 0 Å². The van der Waals surface area contributed by atoms with Gasteiger partial charge in [-0.2, -0.15) is 5.10 Å². The third kappa shape index (κ3) is 5.94. The third-order valence-corrected chi connectivity index (χ3v) is 7.04. The molecule has 2 N–H and O–H groups in total. The van der Waals surface area contributed by atoms with Crippen molar-refractivity contribution in [2.45, 2.75) is 64.2 Å². The molecule has 1 aromatic carbocycles. The van der Waals surface area contributed by atoms with Crippen molar-refractivity contribution in [1.82, 2.24) is 30.3 Å². The van der Waals surface area contributed by atoms with E-state index in [2.05, 4.69) is 65.8 Å². The van der Waals surface area contributed by atoms with E-state index in [9.17, 15) is 4.79 Å². The molecular formula is C28H38N6O2. The number of aromatic nitrogens is 3. The molecule has 8 nitrogen and oxygen atoms in total. The van der Waals surface area contributed by atoms with Gasteiger partial charge in [-0.1, -0.05) is 18.2 Å². The second-order valence-corrected chi connectivity index (χ2v) is 10.5. The van der Waals surface area contributed by atoms with Crippen molar-refractivity contribution in [3.8, 4) is 11.3 Å². The summed E-state index contributed by atoms with van der Waals surface area (Å²) in [5.41, 5.74) is 4.40. The first-order valence-electron chi connectivity index (χ1n) is 13.3. The Bertz CT molecular complexity index is 1200. The van der Waals surface area contributed by atoms with Crippen LogP contribution >= 0.6 is 0 Å². The van der Waals surface area contributed by atoms with E-state index in [1.165, 1.54) is 18.4 Å². The van der Waals surface area contributed by atoms with E-state index in [1.54, 1.807) is 6.20 Å². The maximum absolute atomic E-state index is 13.4. The van der Waals surface area contributed by atoms with Crippen molar-refractivity contribution in [2.75, 3.05) is 33.4 Å². The van der Waals surface area contributed by atoms with Crippen LogP contribution in [-0.2, 0) is 11.3 Å². The molecule has 3 aromatic rings. The number of hydrogen-bond donors (Lipinski definition) is 2. The van der Waals surface area contributed by atoms with E-state index in [-0.39, 0.29) is 18.0 Å². The second-order valence-electron chi connectivity index (χ2n) is 10.5. The van der Waals surface area contributed by atoms with Crippen LogP contribution in [0.15, 0.2) is 36.5 Å². The molecule has 2 aromatic heterocycles. The average molecular weight is 491 g/mol. The van der Waals surface area contributed by atoms with Crippen LogP contribution in [0.25, 0.3) is 22.3 Å². The summed E-state index contributed by atoms with van der Waals surface area (Å²) in [6.45, 7) is 8.42. The Morgan fingerprint density at radius 3 is 2.72 bits per heavy atom. The van der Waals surface area contributed by atoms with E-state index in [4.69, 9.17) is 9.72 Å². The summed E-state index contributed by atoms with van der Waals surface area (Å²) in [6, 6.07) is 11.4. The van der Waals surface area contributed by atoms with Crippen molar-refractivity contribution in [3.63, 3.8) is 0 Å². The summed E-state index contributed by atoms with van der Waals surface area (Å²) in [5, 5.41) is 12.1. The molecule has 0 spiro atoms. The first kappa shape index (κ1) is 24.9. The van der Waals surface area contributed by atoms with E-state index in [0.29, 0.717) is 18.8 Å². The van der Waals surface area contributed by atoms with E-state index < -0.39 is 0 Å². The summed E-state index contributed by atoms with van der Waals surface area (Å²) in [6.07, 6.45) is 6.07. The van der Waals surface area contributed by atoms with Gasteiger partial charge < -0.3 is 20.3 Å². The minimum Gasteiger partial charge on any atom is -0.381 e. The van der Waals surface area contributed by atoms with Crippen LogP contribution in [0.5, 0.6) is 0 Å². The molecule has 2 fully saturated rings. The average Bonchev–Trinajstić information content (AvgIpc) is 3.59. The molecule has 5 rings (SSSR count). The number of pyridine rings is 1. The third-order valence-electron chi connectivity index (χ3n) is 7.04. The minimum absolute atomic E-state index is 0.0714. The lowest BCUT2D eigenvalue weighted by Gasteiger charge is -2.23. The fraction of sp³-hybridized carbons (Fsp3) is 0.536. The summed E-state index contributed by atoms with van der Waals surface area (Å²) >= 11 is 0. The quantitative estimate of drug-likeness (QED) is 0.450. The number of fused-ring (bicyclic) bond motifs is 1. The van der Waals surface area contributed by atoms with Gasteiger partial charge in [-0.05, 0) is 64.3 Å². The Morgan fingerprint density at radius 2 is 1.97 bits per heavy atom. The molecule has 0 radical (unpaired) electrons. The molecular weight excluding hydrogens is 452 g/mol. The van der Waals surface area contributed by atoms with Crippen molar-refractivity contribution in [1.29, 1.82) is 0 Å². The van der Waals surface area contributed by atoms with Crippen LogP contribution in [-0.4, -0.2) is 71.0 Å². The number of carbonyl (C=O) groups is 1. The normalized spacial score (nSPS) is 16.8. The molecule has 1 aliphatic heterocycles. The molecule has 192 valence electrons. The van der Waals surface area contributed by atoms with Gasteiger partial charge in [0.25, 0.3) is 5.91 Å². The van der Waals surface area contributed by atoms with Gasteiger partial charge in [0.2, 0.25) is 0 Å². The highest BCUT2D eigenvalue weighted by Crippen LogP contribution is 2.27. The first-order chi connectivity index (χ1) is 17.5. The largest absolute Gasteiger partial charge is 0.381 e. The number of ether oxygens (including phenoxy) is 1. The van der Waals surface area contributed by atoms with Crippen LogP contribution in [0.4, 0.5) is 0 Å². The zero-order valence-electron chi connectivity index (χ0n) is 21.7. The number of rotatable bonds is 10. The topological polar surface area (TPSA) is 84.3 Å². The van der Waals surface area contributed by atoms with Crippen LogP contribution in [0, 0.1) is 0 Å². The lowest BCUT2D eigenvalue weighted by molar-refractivity contribution is 0.0697. The van der Waals surface area contributed by atoms with Gasteiger partial charge in [0.05, 0.1) is 22.8 Å². The van der Waals surface area contributed by atoms with Crippen molar-refractivity contribution in [3.05, 3.63) is 47.7 Å². The Balaban J connectivity index is 1.41. The number of benzene rings is 1. The van der Waals surface area contributed by atoms with E-state index >= 15 is 0 Å². The predicted octanol–water partition coefficient (Wildman–Crippen LogP) is 3.77. The van der Waals surface area contributed by atoms with Gasteiger partial charge >= 0.3 is 0 Å². The first-order valence-corrected chi connectivity index (χ1v) is 13.3. The molecule has 1 amide bonds. The summed E-state index contributed by atoms with van der Waals surface area (Å²) in [4.78, 5) is 20.8. The summed E-state index contributed by atoms with van der Waals surface area (Å²) in [7, 11) is 2.16.